The summed E-state index contributed by atoms with van der Waals surface area (Å²) < 4.78 is 0. The van der Waals surface area contributed by atoms with Crippen LogP contribution in [0.5, 0.6) is 0 Å². The molecule has 1 fully saturated rings. The van der Waals surface area contributed by atoms with Crippen LogP contribution in [0.15, 0.2) is 48.0 Å². The zero-order valence-electron chi connectivity index (χ0n) is 15.3. The van der Waals surface area contributed by atoms with Crippen molar-refractivity contribution < 1.29 is 9.59 Å². The van der Waals surface area contributed by atoms with E-state index in [1.165, 1.54) is 0 Å². The maximum Gasteiger partial charge on any atom is 0.271 e. The molecule has 28 heavy (non-hydrogen) atoms. The Morgan fingerprint density at radius 1 is 1.25 bits per heavy atom. The molecule has 0 spiro atoms. The monoisotopic (exact) mass is 395 g/mol. The Kier molecular flexibility index (Phi) is 5.48. The minimum atomic E-state index is -0.184. The summed E-state index contributed by atoms with van der Waals surface area (Å²) >= 11 is 1.62. The average molecular weight is 395 g/mol. The second kappa shape index (κ2) is 8.35. The molecule has 4 rings (SSSR count). The minimum Gasteiger partial charge on any atom is -0.351 e. The van der Waals surface area contributed by atoms with Crippen molar-refractivity contribution in [3.63, 3.8) is 0 Å². The van der Waals surface area contributed by atoms with Crippen molar-refractivity contribution in [3.8, 4) is 11.4 Å². The summed E-state index contributed by atoms with van der Waals surface area (Å²) in [5.41, 5.74) is 1.76. The number of thiophene rings is 1. The summed E-state index contributed by atoms with van der Waals surface area (Å²) in [4.78, 5) is 32.5. The summed E-state index contributed by atoms with van der Waals surface area (Å²) in [5.74, 6) is -0.314. The van der Waals surface area contributed by atoms with Crippen LogP contribution in [0.1, 0.15) is 28.2 Å². The number of pyridine rings is 1. The molecule has 7 nitrogen and oxygen atoms in total. The Labute approximate surface area is 166 Å². The SMILES string of the molecule is O=C(NCc1cccs1)C1CCCN(C(=O)c2cc(-c3ccccn3)n[nH]2)C1. The van der Waals surface area contributed by atoms with E-state index >= 15 is 0 Å². The Bertz CT molecular complexity index is 939. The van der Waals surface area contributed by atoms with Gasteiger partial charge in [0, 0.05) is 24.2 Å². The summed E-state index contributed by atoms with van der Waals surface area (Å²) in [5, 5.41) is 12.0. The number of H-pyrrole nitrogens is 1. The van der Waals surface area contributed by atoms with E-state index in [0.717, 1.165) is 17.7 Å². The predicted octanol–water partition coefficient (Wildman–Crippen LogP) is 2.70. The van der Waals surface area contributed by atoms with Crippen LogP contribution in [-0.2, 0) is 11.3 Å². The van der Waals surface area contributed by atoms with Crippen molar-refractivity contribution in [1.82, 2.24) is 25.4 Å². The van der Waals surface area contributed by atoms with Crippen LogP contribution in [0.3, 0.4) is 0 Å². The Hall–Kier alpha value is -3.00. The highest BCUT2D eigenvalue weighted by Crippen LogP contribution is 2.21. The first kappa shape index (κ1) is 18.4. The van der Waals surface area contributed by atoms with Crippen molar-refractivity contribution in [2.75, 3.05) is 13.1 Å². The highest BCUT2D eigenvalue weighted by molar-refractivity contribution is 7.09. The average Bonchev–Trinajstić information content (AvgIpc) is 3.44. The summed E-state index contributed by atoms with van der Waals surface area (Å²) in [6, 6.07) is 11.2. The van der Waals surface area contributed by atoms with Crippen LogP contribution in [0, 0.1) is 5.92 Å². The number of aromatic amines is 1. The normalized spacial score (nSPS) is 16.7. The molecule has 4 heterocycles. The molecule has 8 heteroatoms. The van der Waals surface area contributed by atoms with Crippen LogP contribution >= 0.6 is 11.3 Å². The lowest BCUT2D eigenvalue weighted by Crippen LogP contribution is -2.45. The summed E-state index contributed by atoms with van der Waals surface area (Å²) in [7, 11) is 0. The number of piperidine rings is 1. The molecule has 144 valence electrons. The molecule has 2 amide bonds. The lowest BCUT2D eigenvalue weighted by Gasteiger charge is -2.31. The van der Waals surface area contributed by atoms with Gasteiger partial charge >= 0.3 is 0 Å². The fourth-order valence-electron chi connectivity index (χ4n) is 3.35. The van der Waals surface area contributed by atoms with Crippen LogP contribution < -0.4 is 5.32 Å². The predicted molar refractivity (Wildman–Crippen MR) is 107 cm³/mol. The molecule has 1 saturated heterocycles. The van der Waals surface area contributed by atoms with E-state index in [-0.39, 0.29) is 17.7 Å². The molecular weight excluding hydrogens is 374 g/mol. The molecule has 0 aliphatic carbocycles. The lowest BCUT2D eigenvalue weighted by molar-refractivity contribution is -0.126. The van der Waals surface area contributed by atoms with Gasteiger partial charge in [-0.05, 0) is 42.5 Å². The molecule has 1 atom stereocenters. The van der Waals surface area contributed by atoms with Gasteiger partial charge in [-0.25, -0.2) is 0 Å². The molecule has 1 aliphatic heterocycles. The molecule has 0 radical (unpaired) electrons. The van der Waals surface area contributed by atoms with E-state index in [0.29, 0.717) is 36.7 Å². The topological polar surface area (TPSA) is 91.0 Å². The molecule has 3 aromatic rings. The second-order valence-corrected chi connectivity index (χ2v) is 7.80. The number of nitrogens with one attached hydrogen (secondary N) is 2. The highest BCUT2D eigenvalue weighted by Gasteiger charge is 2.29. The van der Waals surface area contributed by atoms with Gasteiger partial charge in [0.1, 0.15) is 11.4 Å². The number of rotatable bonds is 5. The van der Waals surface area contributed by atoms with Gasteiger partial charge in [0.15, 0.2) is 0 Å². The van der Waals surface area contributed by atoms with E-state index in [9.17, 15) is 9.59 Å². The number of aromatic nitrogens is 3. The van der Waals surface area contributed by atoms with Gasteiger partial charge in [-0.3, -0.25) is 19.7 Å². The largest absolute Gasteiger partial charge is 0.351 e. The maximum absolute atomic E-state index is 12.9. The van der Waals surface area contributed by atoms with Crippen molar-refractivity contribution in [2.45, 2.75) is 19.4 Å². The third kappa shape index (κ3) is 4.12. The second-order valence-electron chi connectivity index (χ2n) is 6.77. The summed E-state index contributed by atoms with van der Waals surface area (Å²) in [6.07, 6.45) is 3.29. The van der Waals surface area contributed by atoms with Gasteiger partial charge in [0.2, 0.25) is 5.91 Å². The number of hydrogen-bond acceptors (Lipinski definition) is 5. The van der Waals surface area contributed by atoms with Gasteiger partial charge in [-0.2, -0.15) is 5.10 Å². The Balaban J connectivity index is 1.38. The molecular formula is C20H21N5O2S. The van der Waals surface area contributed by atoms with Gasteiger partial charge in [0.05, 0.1) is 18.2 Å². The third-order valence-electron chi connectivity index (χ3n) is 4.83. The first-order chi connectivity index (χ1) is 13.7. The van der Waals surface area contributed by atoms with Gasteiger partial charge < -0.3 is 10.2 Å². The number of amides is 2. The van der Waals surface area contributed by atoms with Crippen molar-refractivity contribution in [3.05, 3.63) is 58.5 Å². The smallest absolute Gasteiger partial charge is 0.271 e. The number of carbonyl (C=O) groups is 2. The third-order valence-corrected chi connectivity index (χ3v) is 5.71. The fraction of sp³-hybridized carbons (Fsp3) is 0.300. The standard InChI is InChI=1S/C20H21N5O2S/c26-19(22-12-15-6-4-10-28-15)14-5-3-9-25(13-14)20(27)18-11-17(23-24-18)16-7-1-2-8-21-16/h1-2,4,6-8,10-11,14H,3,5,9,12-13H2,(H,22,26)(H,23,24). The number of hydrogen-bond donors (Lipinski definition) is 2. The summed E-state index contributed by atoms with van der Waals surface area (Å²) in [6.45, 7) is 1.60. The van der Waals surface area contributed by atoms with Gasteiger partial charge in [0.25, 0.3) is 5.91 Å². The van der Waals surface area contributed by atoms with E-state index in [2.05, 4.69) is 20.5 Å². The molecule has 2 N–H and O–H groups in total. The van der Waals surface area contributed by atoms with Crippen LogP contribution in [0.2, 0.25) is 0 Å². The molecule has 0 bridgehead atoms. The molecule has 0 aromatic carbocycles. The first-order valence-corrected chi connectivity index (χ1v) is 10.1. The van der Waals surface area contributed by atoms with Gasteiger partial charge in [-0.15, -0.1) is 11.3 Å². The van der Waals surface area contributed by atoms with Crippen molar-refractivity contribution >= 4 is 23.2 Å². The molecule has 3 aromatic heterocycles. The van der Waals surface area contributed by atoms with Crippen LogP contribution in [0.4, 0.5) is 0 Å². The quantitative estimate of drug-likeness (QED) is 0.695. The van der Waals surface area contributed by atoms with E-state index in [1.54, 1.807) is 28.5 Å². The van der Waals surface area contributed by atoms with Crippen molar-refractivity contribution in [1.29, 1.82) is 0 Å². The molecule has 1 unspecified atom stereocenters. The zero-order chi connectivity index (χ0) is 19.3. The fourth-order valence-corrected chi connectivity index (χ4v) is 4.00. The minimum absolute atomic E-state index is 0.00434. The van der Waals surface area contributed by atoms with E-state index in [1.807, 2.05) is 35.7 Å². The maximum atomic E-state index is 12.9. The Morgan fingerprint density at radius 2 is 2.18 bits per heavy atom. The number of nitrogens with zero attached hydrogens (tertiary/aromatic N) is 3. The zero-order valence-corrected chi connectivity index (χ0v) is 16.1. The lowest BCUT2D eigenvalue weighted by atomic mass is 9.97. The Morgan fingerprint density at radius 3 is 2.96 bits per heavy atom. The number of carbonyl (C=O) groups excluding carboxylic acids is 2. The molecule has 0 saturated carbocycles. The van der Waals surface area contributed by atoms with Crippen LogP contribution in [0.25, 0.3) is 11.4 Å². The highest BCUT2D eigenvalue weighted by atomic mass is 32.1. The van der Waals surface area contributed by atoms with Crippen molar-refractivity contribution in [2.24, 2.45) is 5.92 Å². The van der Waals surface area contributed by atoms with E-state index in [4.69, 9.17) is 0 Å². The first-order valence-electron chi connectivity index (χ1n) is 9.27. The van der Waals surface area contributed by atoms with Gasteiger partial charge in [-0.1, -0.05) is 12.1 Å². The molecule has 1 aliphatic rings. The van der Waals surface area contributed by atoms with Crippen LogP contribution in [-0.4, -0.2) is 45.0 Å². The number of likely N-dealkylation sites (tertiary alicyclic amines) is 1. The van der Waals surface area contributed by atoms with E-state index < -0.39 is 0 Å².